The molecule has 1 heterocycles. The SMILES string of the molecule is Cc1cc(C)c2cc(OCC3CC3)ccc2n1. The Balaban J connectivity index is 1.93. The summed E-state index contributed by atoms with van der Waals surface area (Å²) in [4.78, 5) is 4.53. The fourth-order valence-corrected chi connectivity index (χ4v) is 2.13. The van der Waals surface area contributed by atoms with Crippen LogP contribution in [0, 0.1) is 19.8 Å². The van der Waals surface area contributed by atoms with E-state index in [9.17, 15) is 0 Å². The summed E-state index contributed by atoms with van der Waals surface area (Å²) in [5.74, 6) is 1.76. The van der Waals surface area contributed by atoms with E-state index in [0.29, 0.717) is 0 Å². The summed E-state index contributed by atoms with van der Waals surface area (Å²) in [7, 11) is 0. The highest BCUT2D eigenvalue weighted by atomic mass is 16.5. The maximum atomic E-state index is 5.80. The lowest BCUT2D eigenvalue weighted by atomic mass is 10.1. The molecule has 1 aromatic heterocycles. The summed E-state index contributed by atoms with van der Waals surface area (Å²) < 4.78 is 5.80. The van der Waals surface area contributed by atoms with Crippen molar-refractivity contribution in [1.29, 1.82) is 0 Å². The first kappa shape index (κ1) is 10.6. The topological polar surface area (TPSA) is 22.1 Å². The summed E-state index contributed by atoms with van der Waals surface area (Å²) >= 11 is 0. The Morgan fingerprint density at radius 2 is 2.06 bits per heavy atom. The van der Waals surface area contributed by atoms with Gasteiger partial charge >= 0.3 is 0 Å². The van der Waals surface area contributed by atoms with Crippen LogP contribution in [0.4, 0.5) is 0 Å². The number of hydrogen-bond acceptors (Lipinski definition) is 2. The van der Waals surface area contributed by atoms with Gasteiger partial charge in [0.25, 0.3) is 0 Å². The third-order valence-corrected chi connectivity index (χ3v) is 3.30. The third-order valence-electron chi connectivity index (χ3n) is 3.30. The molecule has 0 radical (unpaired) electrons. The van der Waals surface area contributed by atoms with Gasteiger partial charge in [-0.15, -0.1) is 0 Å². The van der Waals surface area contributed by atoms with Gasteiger partial charge in [0.05, 0.1) is 12.1 Å². The second-order valence-corrected chi connectivity index (χ2v) is 5.01. The summed E-state index contributed by atoms with van der Waals surface area (Å²) in [6, 6.07) is 8.31. The van der Waals surface area contributed by atoms with Crippen LogP contribution in [0.15, 0.2) is 24.3 Å². The molecular weight excluding hydrogens is 210 g/mol. The van der Waals surface area contributed by atoms with E-state index in [1.165, 1.54) is 23.8 Å². The van der Waals surface area contributed by atoms with Crippen molar-refractivity contribution in [3.8, 4) is 5.75 Å². The first-order chi connectivity index (χ1) is 8.22. The third kappa shape index (κ3) is 2.26. The van der Waals surface area contributed by atoms with E-state index in [-0.39, 0.29) is 0 Å². The molecule has 1 aromatic carbocycles. The van der Waals surface area contributed by atoms with Crippen molar-refractivity contribution in [2.75, 3.05) is 6.61 Å². The molecule has 0 saturated heterocycles. The average molecular weight is 227 g/mol. The molecule has 17 heavy (non-hydrogen) atoms. The molecule has 2 heteroatoms. The number of hydrogen-bond donors (Lipinski definition) is 0. The zero-order chi connectivity index (χ0) is 11.8. The summed E-state index contributed by atoms with van der Waals surface area (Å²) in [6.45, 7) is 5.02. The lowest BCUT2D eigenvalue weighted by molar-refractivity contribution is 0.300. The van der Waals surface area contributed by atoms with Gasteiger partial charge in [-0.1, -0.05) is 0 Å². The highest BCUT2D eigenvalue weighted by molar-refractivity contribution is 5.83. The standard InChI is InChI=1S/C15H17NO/c1-10-7-11(2)16-15-6-5-13(8-14(10)15)17-9-12-3-4-12/h5-8,12H,3-4,9H2,1-2H3. The Morgan fingerprint density at radius 1 is 1.24 bits per heavy atom. The van der Waals surface area contributed by atoms with Crippen LogP contribution in [0.2, 0.25) is 0 Å². The minimum absolute atomic E-state index is 0.794. The van der Waals surface area contributed by atoms with Crippen LogP contribution in [-0.4, -0.2) is 11.6 Å². The first-order valence-electron chi connectivity index (χ1n) is 6.23. The summed E-state index contributed by atoms with van der Waals surface area (Å²) in [5, 5.41) is 1.20. The normalized spacial score (nSPS) is 15.2. The fraction of sp³-hybridized carbons (Fsp3) is 0.400. The number of aryl methyl sites for hydroxylation is 2. The lowest BCUT2D eigenvalue weighted by Gasteiger charge is -2.08. The molecule has 0 atom stereocenters. The van der Waals surface area contributed by atoms with Crippen LogP contribution in [-0.2, 0) is 0 Å². The van der Waals surface area contributed by atoms with Crippen LogP contribution in [0.5, 0.6) is 5.75 Å². The fourth-order valence-electron chi connectivity index (χ4n) is 2.13. The Bertz CT molecular complexity index is 558. The van der Waals surface area contributed by atoms with Gasteiger partial charge in [-0.05, 0) is 62.4 Å². The number of fused-ring (bicyclic) bond motifs is 1. The van der Waals surface area contributed by atoms with E-state index < -0.39 is 0 Å². The maximum absolute atomic E-state index is 5.80. The maximum Gasteiger partial charge on any atom is 0.120 e. The molecule has 0 unspecified atom stereocenters. The molecule has 1 saturated carbocycles. The van der Waals surface area contributed by atoms with Crippen molar-refractivity contribution >= 4 is 10.9 Å². The van der Waals surface area contributed by atoms with E-state index >= 15 is 0 Å². The molecule has 0 N–H and O–H groups in total. The van der Waals surface area contributed by atoms with Gasteiger partial charge in [0.2, 0.25) is 0 Å². The van der Waals surface area contributed by atoms with E-state index in [4.69, 9.17) is 4.74 Å². The van der Waals surface area contributed by atoms with Gasteiger partial charge in [0.1, 0.15) is 5.75 Å². The molecule has 1 aliphatic carbocycles. The largest absolute Gasteiger partial charge is 0.493 e. The quantitative estimate of drug-likeness (QED) is 0.798. The van der Waals surface area contributed by atoms with Gasteiger partial charge in [0.15, 0.2) is 0 Å². The van der Waals surface area contributed by atoms with Gasteiger partial charge in [0, 0.05) is 11.1 Å². The number of rotatable bonds is 3. The molecule has 0 bridgehead atoms. The zero-order valence-electron chi connectivity index (χ0n) is 10.4. The Morgan fingerprint density at radius 3 is 2.82 bits per heavy atom. The molecule has 2 nitrogen and oxygen atoms in total. The smallest absolute Gasteiger partial charge is 0.120 e. The second-order valence-electron chi connectivity index (χ2n) is 5.01. The number of nitrogens with zero attached hydrogens (tertiary/aromatic N) is 1. The zero-order valence-corrected chi connectivity index (χ0v) is 10.4. The van der Waals surface area contributed by atoms with Crippen LogP contribution >= 0.6 is 0 Å². The van der Waals surface area contributed by atoms with Gasteiger partial charge in [-0.25, -0.2) is 0 Å². The van der Waals surface area contributed by atoms with Crippen LogP contribution in [0.3, 0.4) is 0 Å². The van der Waals surface area contributed by atoms with E-state index in [1.54, 1.807) is 0 Å². The lowest BCUT2D eigenvalue weighted by Crippen LogP contribution is -1.99. The predicted molar refractivity (Wildman–Crippen MR) is 69.4 cm³/mol. The van der Waals surface area contributed by atoms with Crippen LogP contribution < -0.4 is 4.74 Å². The number of ether oxygens (including phenoxy) is 1. The molecular formula is C15H17NO. The molecule has 1 aliphatic rings. The molecule has 88 valence electrons. The van der Waals surface area contributed by atoms with E-state index in [0.717, 1.165) is 29.5 Å². The van der Waals surface area contributed by atoms with Gasteiger partial charge in [-0.3, -0.25) is 4.98 Å². The first-order valence-corrected chi connectivity index (χ1v) is 6.23. The highest BCUT2D eigenvalue weighted by Gasteiger charge is 2.21. The van der Waals surface area contributed by atoms with Crippen molar-refractivity contribution in [1.82, 2.24) is 4.98 Å². The second kappa shape index (κ2) is 4.02. The average Bonchev–Trinajstić information content (AvgIpc) is 3.10. The number of benzene rings is 1. The van der Waals surface area contributed by atoms with Gasteiger partial charge in [-0.2, -0.15) is 0 Å². The van der Waals surface area contributed by atoms with Crippen LogP contribution in [0.25, 0.3) is 10.9 Å². The van der Waals surface area contributed by atoms with Crippen molar-refractivity contribution in [3.05, 3.63) is 35.5 Å². The number of aromatic nitrogens is 1. The molecule has 0 amide bonds. The summed E-state index contributed by atoms with van der Waals surface area (Å²) in [6.07, 6.45) is 2.65. The van der Waals surface area contributed by atoms with Gasteiger partial charge < -0.3 is 4.74 Å². The molecule has 1 fully saturated rings. The van der Waals surface area contributed by atoms with Crippen molar-refractivity contribution < 1.29 is 4.74 Å². The minimum Gasteiger partial charge on any atom is -0.493 e. The Kier molecular flexibility index (Phi) is 2.50. The molecule has 2 aromatic rings. The van der Waals surface area contributed by atoms with E-state index in [2.05, 4.69) is 30.1 Å². The molecule has 3 rings (SSSR count). The summed E-state index contributed by atoms with van der Waals surface area (Å²) in [5.41, 5.74) is 3.40. The number of pyridine rings is 1. The van der Waals surface area contributed by atoms with Crippen molar-refractivity contribution in [2.24, 2.45) is 5.92 Å². The minimum atomic E-state index is 0.794. The predicted octanol–water partition coefficient (Wildman–Crippen LogP) is 3.64. The van der Waals surface area contributed by atoms with Crippen molar-refractivity contribution in [2.45, 2.75) is 26.7 Å². The molecule has 0 aliphatic heterocycles. The van der Waals surface area contributed by atoms with E-state index in [1.807, 2.05) is 13.0 Å². The van der Waals surface area contributed by atoms with Crippen LogP contribution in [0.1, 0.15) is 24.1 Å². The van der Waals surface area contributed by atoms with Crippen molar-refractivity contribution in [3.63, 3.8) is 0 Å². The monoisotopic (exact) mass is 227 g/mol. The highest BCUT2D eigenvalue weighted by Crippen LogP contribution is 2.30. The molecule has 0 spiro atoms. The Hall–Kier alpha value is -1.57. The Labute approximate surface area is 102 Å².